The van der Waals surface area contributed by atoms with Gasteiger partial charge in [-0.2, -0.15) is 0 Å². The van der Waals surface area contributed by atoms with Crippen LogP contribution in [0.4, 0.5) is 0 Å². The molecule has 0 aliphatic heterocycles. The molecule has 2 N–H and O–H groups in total. The van der Waals surface area contributed by atoms with Crippen LogP contribution in [0.1, 0.15) is 71.6 Å². The summed E-state index contributed by atoms with van der Waals surface area (Å²) in [7, 11) is 0. The van der Waals surface area contributed by atoms with E-state index in [4.69, 9.17) is 0 Å². The van der Waals surface area contributed by atoms with E-state index in [1.54, 1.807) is 0 Å². The van der Waals surface area contributed by atoms with Gasteiger partial charge in [-0.15, -0.1) is 0 Å². The Bertz CT molecular complexity index is 490. The van der Waals surface area contributed by atoms with E-state index in [1.807, 2.05) is 0 Å². The molecule has 0 aromatic rings. The summed E-state index contributed by atoms with van der Waals surface area (Å²) in [5, 5.41) is 23.1. The third-order valence-electron chi connectivity index (χ3n) is 8.50. The summed E-state index contributed by atoms with van der Waals surface area (Å²) in [6.07, 6.45) is 10.5. The van der Waals surface area contributed by atoms with E-state index in [0.717, 1.165) is 48.6 Å². The third-order valence-corrected chi connectivity index (χ3v) is 8.50. The fourth-order valence-corrected chi connectivity index (χ4v) is 7.19. The summed E-state index contributed by atoms with van der Waals surface area (Å²) < 4.78 is 0. The molecule has 0 unspecified atom stereocenters. The predicted molar refractivity (Wildman–Crippen MR) is 87.0 cm³/mol. The van der Waals surface area contributed by atoms with Crippen molar-refractivity contribution in [2.75, 3.05) is 0 Å². The second-order valence-electron chi connectivity index (χ2n) is 9.13. The molecule has 0 aromatic carbocycles. The highest BCUT2D eigenvalue weighted by molar-refractivity contribution is 5.91. The van der Waals surface area contributed by atoms with Crippen LogP contribution in [-0.4, -0.2) is 22.1 Å². The zero-order valence-corrected chi connectivity index (χ0v) is 14.1. The number of aliphatic hydroxyl groups excluding tert-OH is 1. The Labute approximate surface area is 134 Å². The topological polar surface area (TPSA) is 52.8 Å². The van der Waals surface area contributed by atoms with E-state index in [-0.39, 0.29) is 11.5 Å². The molecule has 4 fully saturated rings. The Morgan fingerprint density at radius 1 is 1.00 bits per heavy atom. The zero-order chi connectivity index (χ0) is 15.5. The van der Waals surface area contributed by atoms with Gasteiger partial charge >= 0.3 is 0 Å². The molecule has 4 aliphatic carbocycles. The lowest BCUT2D eigenvalue weighted by molar-refractivity contribution is -0.114. The summed E-state index contributed by atoms with van der Waals surface area (Å²) in [6, 6.07) is 0. The molecular weight excluding hydrogens is 274 g/mol. The molecule has 0 aromatic heterocycles. The van der Waals surface area contributed by atoms with Crippen molar-refractivity contribution in [3.8, 4) is 0 Å². The first-order valence-electron chi connectivity index (χ1n) is 9.38. The number of nitrogens with zero attached hydrogens (tertiary/aromatic N) is 1. The summed E-state index contributed by atoms with van der Waals surface area (Å²) in [6.45, 7) is 4.88. The molecule has 0 spiro atoms. The lowest BCUT2D eigenvalue weighted by Crippen LogP contribution is -2.54. The molecule has 124 valence electrons. The van der Waals surface area contributed by atoms with E-state index in [2.05, 4.69) is 19.0 Å². The van der Waals surface area contributed by atoms with Crippen molar-refractivity contribution < 1.29 is 10.3 Å². The Balaban J connectivity index is 1.63. The SMILES string of the molecule is C[C@]12CC[C@@H](O)C[C@@H]1CC[C@H]1[C@H]2CC[C@]2(C)/C(=N\O)CC[C@H]12. The second kappa shape index (κ2) is 4.96. The number of hydrogen-bond acceptors (Lipinski definition) is 3. The van der Waals surface area contributed by atoms with Gasteiger partial charge in [-0.1, -0.05) is 19.0 Å². The van der Waals surface area contributed by atoms with Gasteiger partial charge in [0.05, 0.1) is 11.8 Å². The molecule has 3 nitrogen and oxygen atoms in total. The van der Waals surface area contributed by atoms with Crippen LogP contribution in [0.2, 0.25) is 0 Å². The van der Waals surface area contributed by atoms with Gasteiger partial charge in [0, 0.05) is 5.41 Å². The van der Waals surface area contributed by atoms with Crippen LogP contribution in [0.5, 0.6) is 0 Å². The predicted octanol–water partition coefficient (Wildman–Crippen LogP) is 4.22. The Morgan fingerprint density at radius 2 is 1.82 bits per heavy atom. The van der Waals surface area contributed by atoms with Crippen molar-refractivity contribution in [3.05, 3.63) is 0 Å². The Hall–Kier alpha value is -0.570. The van der Waals surface area contributed by atoms with Crippen molar-refractivity contribution in [2.24, 2.45) is 39.7 Å². The van der Waals surface area contributed by atoms with Gasteiger partial charge in [0.25, 0.3) is 0 Å². The quantitative estimate of drug-likeness (QED) is 0.520. The highest BCUT2D eigenvalue weighted by atomic mass is 16.4. The van der Waals surface area contributed by atoms with Crippen molar-refractivity contribution in [2.45, 2.75) is 77.7 Å². The maximum Gasteiger partial charge on any atom is 0.0632 e. The summed E-state index contributed by atoms with van der Waals surface area (Å²) in [4.78, 5) is 0. The smallest absolute Gasteiger partial charge is 0.0632 e. The summed E-state index contributed by atoms with van der Waals surface area (Å²) in [5.74, 6) is 3.10. The fraction of sp³-hybridized carbons (Fsp3) is 0.947. The van der Waals surface area contributed by atoms with Crippen LogP contribution < -0.4 is 0 Å². The van der Waals surface area contributed by atoms with E-state index in [1.165, 1.54) is 38.5 Å². The van der Waals surface area contributed by atoms with Gasteiger partial charge in [0.15, 0.2) is 0 Å². The number of hydrogen-bond donors (Lipinski definition) is 2. The van der Waals surface area contributed by atoms with Gasteiger partial charge in [-0.25, -0.2) is 0 Å². The molecule has 3 heteroatoms. The zero-order valence-electron chi connectivity index (χ0n) is 14.1. The largest absolute Gasteiger partial charge is 0.411 e. The van der Waals surface area contributed by atoms with Crippen molar-refractivity contribution in [1.29, 1.82) is 0 Å². The molecule has 0 radical (unpaired) electrons. The number of fused-ring (bicyclic) bond motifs is 5. The summed E-state index contributed by atoms with van der Waals surface area (Å²) in [5.41, 5.74) is 1.68. The van der Waals surface area contributed by atoms with Gasteiger partial charge in [-0.05, 0) is 86.9 Å². The van der Waals surface area contributed by atoms with Crippen LogP contribution in [0, 0.1) is 34.5 Å². The average molecular weight is 305 g/mol. The standard InChI is InChI=1S/C19H31NO2/c1-18-9-7-13(21)11-12(18)3-4-14-15-5-6-17(20-22)19(15,2)10-8-16(14)18/h12-16,21-22H,3-11H2,1-2H3/b20-17-/t12-,13+,14+,15+,16+,18-,19-/m0/s1. The van der Waals surface area contributed by atoms with Crippen LogP contribution in [0.25, 0.3) is 0 Å². The summed E-state index contributed by atoms with van der Waals surface area (Å²) >= 11 is 0. The molecule has 0 saturated heterocycles. The van der Waals surface area contributed by atoms with Crippen molar-refractivity contribution >= 4 is 5.71 Å². The normalized spacial score (nSPS) is 56.3. The molecule has 4 aliphatic rings. The molecule has 22 heavy (non-hydrogen) atoms. The van der Waals surface area contributed by atoms with E-state index in [0.29, 0.717) is 5.41 Å². The highest BCUT2D eigenvalue weighted by Gasteiger charge is 2.59. The van der Waals surface area contributed by atoms with Crippen LogP contribution in [0.3, 0.4) is 0 Å². The fourth-order valence-electron chi connectivity index (χ4n) is 7.19. The van der Waals surface area contributed by atoms with Crippen LogP contribution in [0.15, 0.2) is 5.16 Å². The lowest BCUT2D eigenvalue weighted by atomic mass is 9.45. The first kappa shape index (κ1) is 15.0. The van der Waals surface area contributed by atoms with Gasteiger partial charge in [0.1, 0.15) is 0 Å². The third kappa shape index (κ3) is 1.87. The second-order valence-corrected chi connectivity index (χ2v) is 9.13. The number of rotatable bonds is 0. The van der Waals surface area contributed by atoms with Crippen LogP contribution >= 0.6 is 0 Å². The van der Waals surface area contributed by atoms with Crippen molar-refractivity contribution in [3.63, 3.8) is 0 Å². The number of oxime groups is 1. The van der Waals surface area contributed by atoms with Crippen LogP contribution in [-0.2, 0) is 0 Å². The maximum atomic E-state index is 10.1. The average Bonchev–Trinajstić information content (AvgIpc) is 2.84. The number of aliphatic hydroxyl groups is 1. The molecule has 0 heterocycles. The van der Waals surface area contributed by atoms with Gasteiger partial charge < -0.3 is 10.3 Å². The van der Waals surface area contributed by atoms with E-state index < -0.39 is 0 Å². The minimum Gasteiger partial charge on any atom is -0.411 e. The molecule has 7 atom stereocenters. The Kier molecular flexibility index (Phi) is 3.38. The molecular formula is C19H31NO2. The molecule has 0 bridgehead atoms. The minimum absolute atomic E-state index is 0.0527. The van der Waals surface area contributed by atoms with Gasteiger partial charge in [0.2, 0.25) is 0 Å². The molecule has 4 saturated carbocycles. The molecule has 4 rings (SSSR count). The minimum atomic E-state index is -0.0527. The van der Waals surface area contributed by atoms with Crippen molar-refractivity contribution in [1.82, 2.24) is 0 Å². The first-order chi connectivity index (χ1) is 10.5. The van der Waals surface area contributed by atoms with Gasteiger partial charge in [-0.3, -0.25) is 0 Å². The highest BCUT2D eigenvalue weighted by Crippen LogP contribution is 2.65. The first-order valence-corrected chi connectivity index (χ1v) is 9.38. The van der Waals surface area contributed by atoms with E-state index in [9.17, 15) is 10.3 Å². The van der Waals surface area contributed by atoms with E-state index >= 15 is 0 Å². The Morgan fingerprint density at radius 3 is 2.59 bits per heavy atom. The lowest BCUT2D eigenvalue weighted by Gasteiger charge is -2.60. The monoisotopic (exact) mass is 305 g/mol. The maximum absolute atomic E-state index is 10.1. The molecule has 0 amide bonds.